The lowest BCUT2D eigenvalue weighted by atomic mass is 10.1. The van der Waals surface area contributed by atoms with Crippen LogP contribution in [0.1, 0.15) is 11.1 Å². The molecule has 34 heavy (non-hydrogen) atoms. The van der Waals surface area contributed by atoms with Crippen molar-refractivity contribution >= 4 is 34.4 Å². The van der Waals surface area contributed by atoms with Crippen LogP contribution in [0.4, 0.5) is 14.5 Å². The summed E-state index contributed by atoms with van der Waals surface area (Å²) < 4.78 is 27.0. The summed E-state index contributed by atoms with van der Waals surface area (Å²) >= 11 is 0. The number of carbonyl (C=O) groups excluding carboxylic acids is 1. The Bertz CT molecular complexity index is 1330. The second kappa shape index (κ2) is 9.92. The molecule has 176 valence electrons. The van der Waals surface area contributed by atoms with Gasteiger partial charge in [-0.05, 0) is 36.9 Å². The summed E-state index contributed by atoms with van der Waals surface area (Å²) in [6, 6.07) is 10.4. The second-order valence-electron chi connectivity index (χ2n) is 8.17. The highest BCUT2D eigenvalue weighted by Gasteiger charge is 2.19. The molecular formula is C24H24F2N6O2. The first-order valence-electron chi connectivity index (χ1n) is 10.7. The third-order valence-electron chi connectivity index (χ3n) is 5.78. The first-order chi connectivity index (χ1) is 16.3. The van der Waals surface area contributed by atoms with Gasteiger partial charge in [0.1, 0.15) is 5.71 Å². The average Bonchev–Trinajstić information content (AvgIpc) is 2.82. The molecule has 10 heteroatoms. The summed E-state index contributed by atoms with van der Waals surface area (Å²) in [6.07, 6.45) is 1.63. The van der Waals surface area contributed by atoms with Crippen LogP contribution in [0.25, 0.3) is 10.9 Å². The van der Waals surface area contributed by atoms with Crippen LogP contribution >= 0.6 is 0 Å². The van der Waals surface area contributed by atoms with Gasteiger partial charge in [0.2, 0.25) is 5.91 Å². The first-order valence-corrected chi connectivity index (χ1v) is 10.7. The third-order valence-corrected chi connectivity index (χ3v) is 5.78. The Morgan fingerprint density at radius 2 is 1.76 bits per heavy atom. The number of amides is 1. The molecule has 2 heterocycles. The highest BCUT2D eigenvalue weighted by Crippen LogP contribution is 2.17. The Kier molecular flexibility index (Phi) is 6.78. The lowest BCUT2D eigenvalue weighted by Gasteiger charge is -2.32. The summed E-state index contributed by atoms with van der Waals surface area (Å²) in [6.45, 7) is 3.20. The van der Waals surface area contributed by atoms with E-state index in [0.717, 1.165) is 43.9 Å². The molecule has 1 amide bonds. The van der Waals surface area contributed by atoms with Gasteiger partial charge in [0, 0.05) is 37.6 Å². The lowest BCUT2D eigenvalue weighted by molar-refractivity contribution is -0.132. The van der Waals surface area contributed by atoms with Crippen molar-refractivity contribution in [2.45, 2.75) is 6.42 Å². The Morgan fingerprint density at radius 3 is 2.44 bits per heavy atom. The van der Waals surface area contributed by atoms with Crippen molar-refractivity contribution in [2.75, 3.05) is 33.2 Å². The third kappa shape index (κ3) is 5.18. The minimum Gasteiger partial charge on any atom is -0.340 e. The van der Waals surface area contributed by atoms with E-state index in [1.54, 1.807) is 12.1 Å². The van der Waals surface area contributed by atoms with Crippen LogP contribution in [0.3, 0.4) is 0 Å². The minimum atomic E-state index is -1.06. The molecule has 1 saturated heterocycles. The molecule has 2 aromatic carbocycles. The van der Waals surface area contributed by atoms with Crippen LogP contribution in [-0.2, 0) is 11.2 Å². The molecule has 0 aliphatic carbocycles. The number of hydrogen-bond donors (Lipinski definition) is 2. The number of hydrogen-bond acceptors (Lipinski definition) is 6. The van der Waals surface area contributed by atoms with Gasteiger partial charge in [0.15, 0.2) is 11.6 Å². The van der Waals surface area contributed by atoms with Crippen LogP contribution in [-0.4, -0.2) is 65.8 Å². The van der Waals surface area contributed by atoms with Gasteiger partial charge in [-0.25, -0.2) is 8.78 Å². The first kappa shape index (κ1) is 23.2. The molecule has 3 N–H and O–H groups in total. The van der Waals surface area contributed by atoms with E-state index >= 15 is 0 Å². The quantitative estimate of drug-likeness (QED) is 0.341. The number of halogens is 2. The fourth-order valence-corrected chi connectivity index (χ4v) is 3.74. The van der Waals surface area contributed by atoms with E-state index in [4.69, 9.17) is 5.84 Å². The molecule has 1 aliphatic rings. The SMILES string of the molecule is CN1CCN(C(=O)Cc2ccc(N=CC(=NN)c3cc4cc(F)c(F)cc4[nH]c3=O)cc2)CC1. The van der Waals surface area contributed by atoms with Crippen molar-refractivity contribution in [1.82, 2.24) is 14.8 Å². The number of nitrogens with one attached hydrogen (secondary N) is 1. The van der Waals surface area contributed by atoms with E-state index < -0.39 is 17.2 Å². The molecule has 0 spiro atoms. The minimum absolute atomic E-state index is 0.0687. The molecule has 3 aromatic rings. The monoisotopic (exact) mass is 466 g/mol. The van der Waals surface area contributed by atoms with Crippen molar-refractivity contribution in [1.29, 1.82) is 0 Å². The van der Waals surface area contributed by atoms with E-state index in [2.05, 4.69) is 20.0 Å². The number of likely N-dealkylation sites (N-methyl/N-ethyl adjacent to an activating group) is 1. The maximum atomic E-state index is 13.6. The van der Waals surface area contributed by atoms with Gasteiger partial charge in [-0.3, -0.25) is 14.6 Å². The Labute approximate surface area is 194 Å². The topological polar surface area (TPSA) is 107 Å². The zero-order valence-electron chi connectivity index (χ0n) is 18.6. The molecule has 0 radical (unpaired) electrons. The number of hydrazone groups is 1. The van der Waals surface area contributed by atoms with Crippen LogP contribution in [0, 0.1) is 11.6 Å². The fourth-order valence-electron chi connectivity index (χ4n) is 3.74. The molecule has 0 bridgehead atoms. The van der Waals surface area contributed by atoms with Crippen molar-refractivity contribution in [2.24, 2.45) is 15.9 Å². The number of aromatic amines is 1. The summed E-state index contributed by atoms with van der Waals surface area (Å²) in [4.78, 5) is 35.8. The number of nitrogens with zero attached hydrogens (tertiary/aromatic N) is 4. The van der Waals surface area contributed by atoms with Gasteiger partial charge >= 0.3 is 0 Å². The van der Waals surface area contributed by atoms with E-state index in [9.17, 15) is 18.4 Å². The molecule has 0 atom stereocenters. The molecular weight excluding hydrogens is 442 g/mol. The van der Waals surface area contributed by atoms with Crippen LogP contribution in [0.2, 0.25) is 0 Å². The molecule has 1 fully saturated rings. The van der Waals surface area contributed by atoms with Gasteiger partial charge in [0.25, 0.3) is 5.56 Å². The number of aromatic nitrogens is 1. The van der Waals surface area contributed by atoms with Gasteiger partial charge in [-0.15, -0.1) is 0 Å². The highest BCUT2D eigenvalue weighted by molar-refractivity contribution is 6.38. The zero-order chi connectivity index (χ0) is 24.2. The number of carbonyl (C=O) groups is 1. The van der Waals surface area contributed by atoms with Crippen LogP contribution in [0.5, 0.6) is 0 Å². The largest absolute Gasteiger partial charge is 0.340 e. The summed E-state index contributed by atoms with van der Waals surface area (Å²) in [5, 5.41) is 3.91. The number of nitrogens with two attached hydrogens (primary N) is 1. The van der Waals surface area contributed by atoms with Crippen molar-refractivity contribution < 1.29 is 13.6 Å². The van der Waals surface area contributed by atoms with Crippen LogP contribution < -0.4 is 11.4 Å². The molecule has 0 unspecified atom stereocenters. The fraction of sp³-hybridized carbons (Fsp3) is 0.250. The number of fused-ring (bicyclic) bond motifs is 1. The molecule has 0 saturated carbocycles. The van der Waals surface area contributed by atoms with Crippen molar-refractivity contribution in [3.05, 3.63) is 75.6 Å². The number of rotatable bonds is 5. The average molecular weight is 466 g/mol. The predicted molar refractivity (Wildman–Crippen MR) is 128 cm³/mol. The van der Waals surface area contributed by atoms with Crippen molar-refractivity contribution in [3.63, 3.8) is 0 Å². The van der Waals surface area contributed by atoms with Gasteiger partial charge in [-0.2, -0.15) is 5.10 Å². The second-order valence-corrected chi connectivity index (χ2v) is 8.17. The number of benzene rings is 2. The predicted octanol–water partition coefficient (Wildman–Crippen LogP) is 2.19. The maximum absolute atomic E-state index is 13.6. The van der Waals surface area contributed by atoms with E-state index in [-0.39, 0.29) is 28.1 Å². The van der Waals surface area contributed by atoms with Crippen molar-refractivity contribution in [3.8, 4) is 0 Å². The highest BCUT2D eigenvalue weighted by atomic mass is 19.2. The number of H-pyrrole nitrogens is 1. The van der Waals surface area contributed by atoms with Crippen LogP contribution in [0.15, 0.2) is 57.4 Å². The smallest absolute Gasteiger partial charge is 0.258 e. The molecule has 1 aliphatic heterocycles. The maximum Gasteiger partial charge on any atom is 0.258 e. The van der Waals surface area contributed by atoms with E-state index in [1.807, 2.05) is 24.1 Å². The standard InChI is InChI=1S/C24H24F2N6O2/c1-31-6-8-32(9-7-31)23(33)10-15-2-4-17(5-3-15)28-14-22(30-27)18-11-16-12-19(25)20(26)13-21(16)29-24(18)34/h2-5,11-14H,6-10,27H2,1H3,(H,29,34). The van der Waals surface area contributed by atoms with E-state index in [1.165, 1.54) is 12.3 Å². The Balaban J connectivity index is 1.47. The summed E-state index contributed by atoms with van der Waals surface area (Å²) in [5.41, 5.74) is 1.18. The van der Waals surface area contributed by atoms with Gasteiger partial charge in [-0.1, -0.05) is 12.1 Å². The molecule has 1 aromatic heterocycles. The normalized spacial score (nSPS) is 15.4. The van der Waals surface area contributed by atoms with Gasteiger partial charge < -0.3 is 20.6 Å². The Hall–Kier alpha value is -3.92. The lowest BCUT2D eigenvalue weighted by Crippen LogP contribution is -2.47. The number of aliphatic imine (C=N–C) groups is 1. The molecule has 8 nitrogen and oxygen atoms in total. The molecule has 4 rings (SSSR count). The Morgan fingerprint density at radius 1 is 1.09 bits per heavy atom. The summed E-state index contributed by atoms with van der Waals surface area (Å²) in [5.74, 6) is 3.46. The zero-order valence-corrected chi connectivity index (χ0v) is 18.6. The van der Waals surface area contributed by atoms with E-state index in [0.29, 0.717) is 12.1 Å². The van der Waals surface area contributed by atoms with Gasteiger partial charge in [0.05, 0.1) is 29.4 Å². The number of pyridine rings is 1. The summed E-state index contributed by atoms with van der Waals surface area (Å²) in [7, 11) is 2.04. The number of piperazine rings is 1.